The monoisotopic (exact) mass is 296 g/mol. The van der Waals surface area contributed by atoms with Gasteiger partial charge in [0.25, 0.3) is 0 Å². The van der Waals surface area contributed by atoms with Crippen molar-refractivity contribution in [1.82, 2.24) is 9.80 Å². The highest BCUT2D eigenvalue weighted by molar-refractivity contribution is 5.01. The van der Waals surface area contributed by atoms with Gasteiger partial charge in [-0.25, -0.2) is 0 Å². The summed E-state index contributed by atoms with van der Waals surface area (Å²) in [6.45, 7) is 20.7. The Balaban J connectivity index is 1.62. The van der Waals surface area contributed by atoms with Crippen LogP contribution < -0.4 is 0 Å². The standard InChI is InChI=1S/C18H36N2O/c1-16(2,3)20-14-18(15-20)8-11-19(12-9-18)10-7-13-21-17(4,5)6/h7-15H2,1-6H3. The van der Waals surface area contributed by atoms with Gasteiger partial charge in [-0.15, -0.1) is 0 Å². The highest BCUT2D eigenvalue weighted by atomic mass is 16.5. The highest BCUT2D eigenvalue weighted by Gasteiger charge is 2.47. The molecule has 2 heterocycles. The van der Waals surface area contributed by atoms with Crippen molar-refractivity contribution in [2.24, 2.45) is 5.41 Å². The largest absolute Gasteiger partial charge is 0.376 e. The van der Waals surface area contributed by atoms with Crippen LogP contribution in [0.5, 0.6) is 0 Å². The van der Waals surface area contributed by atoms with Gasteiger partial charge in [-0.05, 0) is 79.3 Å². The van der Waals surface area contributed by atoms with Crippen LogP contribution in [0.4, 0.5) is 0 Å². The van der Waals surface area contributed by atoms with Crippen molar-refractivity contribution < 1.29 is 4.74 Å². The van der Waals surface area contributed by atoms with Crippen LogP contribution in [0.3, 0.4) is 0 Å². The van der Waals surface area contributed by atoms with Crippen molar-refractivity contribution in [2.45, 2.75) is 71.9 Å². The molecule has 0 N–H and O–H groups in total. The first-order chi connectivity index (χ1) is 9.60. The van der Waals surface area contributed by atoms with Gasteiger partial charge in [-0.1, -0.05) is 0 Å². The van der Waals surface area contributed by atoms with Gasteiger partial charge >= 0.3 is 0 Å². The van der Waals surface area contributed by atoms with E-state index >= 15 is 0 Å². The smallest absolute Gasteiger partial charge is 0.0598 e. The van der Waals surface area contributed by atoms with E-state index in [-0.39, 0.29) is 5.60 Å². The Morgan fingerprint density at radius 1 is 0.952 bits per heavy atom. The molecule has 0 saturated carbocycles. The minimum absolute atomic E-state index is 0.00824. The van der Waals surface area contributed by atoms with Gasteiger partial charge in [0.05, 0.1) is 5.60 Å². The lowest BCUT2D eigenvalue weighted by Crippen LogP contribution is -2.65. The summed E-state index contributed by atoms with van der Waals surface area (Å²) in [5.41, 5.74) is 1.01. The van der Waals surface area contributed by atoms with E-state index in [9.17, 15) is 0 Å². The summed E-state index contributed by atoms with van der Waals surface area (Å²) in [4.78, 5) is 5.27. The molecule has 2 rings (SSSR count). The number of piperidine rings is 1. The normalized spacial score (nSPS) is 24.3. The highest BCUT2D eigenvalue weighted by Crippen LogP contribution is 2.43. The Morgan fingerprint density at radius 3 is 2.00 bits per heavy atom. The van der Waals surface area contributed by atoms with Gasteiger partial charge in [0, 0.05) is 31.8 Å². The van der Waals surface area contributed by atoms with Crippen molar-refractivity contribution >= 4 is 0 Å². The van der Waals surface area contributed by atoms with Crippen LogP contribution in [0, 0.1) is 5.41 Å². The summed E-state index contributed by atoms with van der Waals surface area (Å²) in [5.74, 6) is 0. The third-order valence-electron chi connectivity index (χ3n) is 5.07. The molecule has 3 nitrogen and oxygen atoms in total. The van der Waals surface area contributed by atoms with E-state index in [2.05, 4.69) is 51.3 Å². The molecule has 2 aliphatic heterocycles. The van der Waals surface area contributed by atoms with Crippen LogP contribution in [0.1, 0.15) is 60.8 Å². The van der Waals surface area contributed by atoms with E-state index in [0.29, 0.717) is 11.0 Å². The topological polar surface area (TPSA) is 15.7 Å². The second-order valence-electron chi connectivity index (χ2n) is 9.18. The summed E-state index contributed by atoms with van der Waals surface area (Å²) in [6, 6.07) is 0. The number of hydrogen-bond donors (Lipinski definition) is 0. The van der Waals surface area contributed by atoms with Gasteiger partial charge < -0.3 is 9.64 Å². The molecule has 0 atom stereocenters. The van der Waals surface area contributed by atoms with Gasteiger partial charge in [-0.3, -0.25) is 4.90 Å². The average molecular weight is 296 g/mol. The first-order valence-corrected chi connectivity index (χ1v) is 8.71. The zero-order chi connectivity index (χ0) is 15.7. The molecule has 0 unspecified atom stereocenters. The SMILES string of the molecule is CC(C)(C)OCCCN1CCC2(CC1)CN(C(C)(C)C)C2. The molecule has 2 aliphatic rings. The maximum atomic E-state index is 5.81. The van der Waals surface area contributed by atoms with E-state index < -0.39 is 0 Å². The lowest BCUT2D eigenvalue weighted by atomic mass is 9.70. The van der Waals surface area contributed by atoms with Crippen LogP contribution in [0.2, 0.25) is 0 Å². The summed E-state index contributed by atoms with van der Waals surface area (Å²) >= 11 is 0. The fraction of sp³-hybridized carbons (Fsp3) is 1.00. The van der Waals surface area contributed by atoms with Crippen LogP contribution in [0.25, 0.3) is 0 Å². The third kappa shape index (κ3) is 4.94. The van der Waals surface area contributed by atoms with Gasteiger partial charge in [0.2, 0.25) is 0 Å². The van der Waals surface area contributed by atoms with E-state index in [1.807, 2.05) is 0 Å². The zero-order valence-electron chi connectivity index (χ0n) is 15.2. The quantitative estimate of drug-likeness (QED) is 0.740. The van der Waals surface area contributed by atoms with Crippen molar-refractivity contribution in [3.05, 3.63) is 0 Å². The van der Waals surface area contributed by atoms with Crippen LogP contribution in [-0.4, -0.2) is 60.3 Å². The van der Waals surface area contributed by atoms with Crippen LogP contribution >= 0.6 is 0 Å². The van der Waals surface area contributed by atoms with Crippen LogP contribution in [0.15, 0.2) is 0 Å². The Hall–Kier alpha value is -0.120. The summed E-state index contributed by atoms with van der Waals surface area (Å²) in [6.07, 6.45) is 3.94. The lowest BCUT2D eigenvalue weighted by molar-refractivity contribution is -0.0909. The van der Waals surface area contributed by atoms with Crippen molar-refractivity contribution in [1.29, 1.82) is 0 Å². The number of rotatable bonds is 4. The second kappa shape index (κ2) is 6.17. The molecule has 0 aromatic heterocycles. The lowest BCUT2D eigenvalue weighted by Gasteiger charge is -2.58. The minimum Gasteiger partial charge on any atom is -0.376 e. The Morgan fingerprint density at radius 2 is 1.52 bits per heavy atom. The molecule has 124 valence electrons. The molecule has 0 amide bonds. The Kier molecular flexibility index (Phi) is 5.07. The zero-order valence-corrected chi connectivity index (χ0v) is 15.2. The van der Waals surface area contributed by atoms with Crippen molar-refractivity contribution in [3.8, 4) is 0 Å². The van der Waals surface area contributed by atoms with Gasteiger partial charge in [-0.2, -0.15) is 0 Å². The molecule has 21 heavy (non-hydrogen) atoms. The average Bonchev–Trinajstić information content (AvgIpc) is 2.30. The van der Waals surface area contributed by atoms with E-state index in [0.717, 1.165) is 6.61 Å². The molecule has 0 radical (unpaired) electrons. The number of hydrogen-bond acceptors (Lipinski definition) is 3. The predicted octanol–water partition coefficient (Wildman–Crippen LogP) is 3.39. The first-order valence-electron chi connectivity index (χ1n) is 8.71. The molecular formula is C18H36N2O. The Labute approximate surface area is 132 Å². The molecule has 0 aromatic rings. The molecule has 3 heteroatoms. The van der Waals surface area contributed by atoms with Crippen molar-refractivity contribution in [2.75, 3.05) is 39.3 Å². The van der Waals surface area contributed by atoms with Gasteiger partial charge in [0.15, 0.2) is 0 Å². The maximum absolute atomic E-state index is 5.81. The van der Waals surface area contributed by atoms with E-state index in [1.54, 1.807) is 0 Å². The van der Waals surface area contributed by atoms with E-state index in [4.69, 9.17) is 4.74 Å². The fourth-order valence-electron chi connectivity index (χ4n) is 3.47. The fourth-order valence-corrected chi connectivity index (χ4v) is 3.47. The number of likely N-dealkylation sites (tertiary alicyclic amines) is 2. The van der Waals surface area contributed by atoms with Gasteiger partial charge in [0.1, 0.15) is 0 Å². The van der Waals surface area contributed by atoms with Crippen molar-refractivity contribution in [3.63, 3.8) is 0 Å². The third-order valence-corrected chi connectivity index (χ3v) is 5.07. The van der Waals surface area contributed by atoms with E-state index in [1.165, 1.54) is 52.0 Å². The molecule has 2 saturated heterocycles. The maximum Gasteiger partial charge on any atom is 0.0598 e. The molecule has 0 aliphatic carbocycles. The molecular weight excluding hydrogens is 260 g/mol. The minimum atomic E-state index is 0.00824. The first kappa shape index (κ1) is 17.2. The Bertz CT molecular complexity index is 324. The molecule has 0 aromatic carbocycles. The second-order valence-corrected chi connectivity index (χ2v) is 9.18. The molecule has 2 fully saturated rings. The predicted molar refractivity (Wildman–Crippen MR) is 89.8 cm³/mol. The van der Waals surface area contributed by atoms with Crippen LogP contribution in [-0.2, 0) is 4.74 Å². The molecule has 1 spiro atoms. The molecule has 0 bridgehead atoms. The number of nitrogens with zero attached hydrogens (tertiary/aromatic N) is 2. The summed E-state index contributed by atoms with van der Waals surface area (Å²) in [5, 5.41) is 0. The summed E-state index contributed by atoms with van der Waals surface area (Å²) < 4.78 is 5.81. The number of ether oxygens (including phenoxy) is 1. The summed E-state index contributed by atoms with van der Waals surface area (Å²) in [7, 11) is 0.